The Kier molecular flexibility index (Phi) is 2.63. The molecule has 0 saturated carbocycles. The lowest BCUT2D eigenvalue weighted by atomic mass is 9.75. The third kappa shape index (κ3) is 3.49. The number of halogens is 3. The maximum Gasteiger partial charge on any atom is 0.478 e. The van der Waals surface area contributed by atoms with Crippen LogP contribution in [0.5, 0.6) is 0 Å². The second kappa shape index (κ2) is 3.33. The first-order valence-electron chi connectivity index (χ1n) is 3.95. The van der Waals surface area contributed by atoms with Crippen LogP contribution in [0.1, 0.15) is 19.3 Å². The van der Waals surface area contributed by atoms with Crippen molar-refractivity contribution < 1.29 is 12.9 Å². The van der Waals surface area contributed by atoms with E-state index in [1.807, 2.05) is 6.08 Å². The topological polar surface area (TPSA) is 0 Å². The van der Waals surface area contributed by atoms with Crippen LogP contribution in [-0.4, -0.2) is 6.98 Å². The van der Waals surface area contributed by atoms with Crippen LogP contribution in [0, 0.1) is 5.92 Å². The third-order valence-corrected chi connectivity index (χ3v) is 1.92. The van der Waals surface area contributed by atoms with Crippen molar-refractivity contribution in [1.29, 1.82) is 0 Å². The van der Waals surface area contributed by atoms with E-state index in [9.17, 15) is 12.9 Å². The van der Waals surface area contributed by atoms with Gasteiger partial charge in [0, 0.05) is 0 Å². The lowest BCUT2D eigenvalue weighted by molar-refractivity contribution is 0.435. The van der Waals surface area contributed by atoms with Crippen LogP contribution < -0.4 is 0 Å². The standard InChI is InChI=1S/C7H11BF3/c9-8(10,11)6-7-4-2-1-3-5-7/h2,4,7H,1,3,5-6H2/q-1. The lowest BCUT2D eigenvalue weighted by Crippen LogP contribution is -2.19. The molecule has 11 heavy (non-hydrogen) atoms. The largest absolute Gasteiger partial charge is 0.478 e. The van der Waals surface area contributed by atoms with Crippen molar-refractivity contribution in [2.75, 3.05) is 0 Å². The first-order valence-corrected chi connectivity index (χ1v) is 3.95. The Morgan fingerprint density at radius 1 is 1.36 bits per heavy atom. The number of hydrogen-bond acceptors (Lipinski definition) is 0. The van der Waals surface area contributed by atoms with Crippen LogP contribution in [0.3, 0.4) is 0 Å². The summed E-state index contributed by atoms with van der Waals surface area (Å²) in [6, 6.07) is 0. The molecule has 0 aromatic carbocycles. The van der Waals surface area contributed by atoms with Gasteiger partial charge in [-0.15, -0.1) is 0 Å². The fourth-order valence-corrected chi connectivity index (χ4v) is 1.42. The highest BCUT2D eigenvalue weighted by molar-refractivity contribution is 6.58. The van der Waals surface area contributed by atoms with Crippen molar-refractivity contribution in [2.45, 2.75) is 25.6 Å². The Balaban J connectivity index is 2.36. The minimum Gasteiger partial charge on any atom is -0.449 e. The average molecular weight is 163 g/mol. The van der Waals surface area contributed by atoms with Gasteiger partial charge in [0.05, 0.1) is 0 Å². The van der Waals surface area contributed by atoms with E-state index in [2.05, 4.69) is 0 Å². The smallest absolute Gasteiger partial charge is 0.449 e. The highest BCUT2D eigenvalue weighted by Crippen LogP contribution is 2.28. The van der Waals surface area contributed by atoms with E-state index in [0.717, 1.165) is 12.8 Å². The van der Waals surface area contributed by atoms with Crippen molar-refractivity contribution in [3.63, 3.8) is 0 Å². The molecular weight excluding hydrogens is 152 g/mol. The second-order valence-corrected chi connectivity index (χ2v) is 3.07. The Morgan fingerprint density at radius 3 is 2.55 bits per heavy atom. The summed E-state index contributed by atoms with van der Waals surface area (Å²) in [7, 11) is 0. The average Bonchev–Trinajstić information content (AvgIpc) is 1.85. The summed E-state index contributed by atoms with van der Waals surface area (Å²) in [4.78, 5) is 0. The van der Waals surface area contributed by atoms with Crippen LogP contribution in [0.15, 0.2) is 12.2 Å². The molecule has 0 aromatic heterocycles. The van der Waals surface area contributed by atoms with Gasteiger partial charge in [0.1, 0.15) is 0 Å². The zero-order valence-corrected chi connectivity index (χ0v) is 6.27. The molecule has 0 bridgehead atoms. The molecule has 0 aromatic rings. The summed E-state index contributed by atoms with van der Waals surface area (Å²) in [6.07, 6.45) is 5.54. The first-order chi connectivity index (χ1) is 5.08. The summed E-state index contributed by atoms with van der Waals surface area (Å²) in [6.45, 7) is -4.58. The van der Waals surface area contributed by atoms with Crippen LogP contribution in [0.25, 0.3) is 0 Å². The van der Waals surface area contributed by atoms with E-state index in [1.54, 1.807) is 6.08 Å². The van der Waals surface area contributed by atoms with Crippen LogP contribution in [-0.2, 0) is 0 Å². The van der Waals surface area contributed by atoms with Gasteiger partial charge < -0.3 is 12.9 Å². The van der Waals surface area contributed by atoms with Gasteiger partial charge in [-0.2, -0.15) is 0 Å². The Bertz CT molecular complexity index is 150. The normalized spacial score (nSPS) is 25.5. The minimum atomic E-state index is -4.58. The molecule has 4 heteroatoms. The van der Waals surface area contributed by atoms with Gasteiger partial charge >= 0.3 is 6.98 Å². The summed E-state index contributed by atoms with van der Waals surface area (Å²) >= 11 is 0. The summed E-state index contributed by atoms with van der Waals surface area (Å²) in [5.41, 5.74) is 0. The molecule has 1 unspecified atom stereocenters. The zero-order valence-electron chi connectivity index (χ0n) is 6.27. The van der Waals surface area contributed by atoms with Gasteiger partial charge in [-0.25, -0.2) is 0 Å². The summed E-state index contributed by atoms with van der Waals surface area (Å²) in [5, 5.41) is 0. The first kappa shape index (κ1) is 8.69. The molecule has 0 saturated heterocycles. The lowest BCUT2D eigenvalue weighted by Gasteiger charge is -2.22. The third-order valence-electron chi connectivity index (χ3n) is 1.92. The van der Waals surface area contributed by atoms with Crippen molar-refractivity contribution in [1.82, 2.24) is 0 Å². The maximum absolute atomic E-state index is 11.9. The SMILES string of the molecule is F[B-](F)(F)CC1C=CCCC1. The molecule has 1 atom stereocenters. The molecular formula is C7H11BF3-. The monoisotopic (exact) mass is 163 g/mol. The van der Waals surface area contributed by atoms with Crippen molar-refractivity contribution in [3.8, 4) is 0 Å². The Hall–Kier alpha value is -0.405. The van der Waals surface area contributed by atoms with E-state index in [4.69, 9.17) is 0 Å². The molecule has 0 spiro atoms. The molecule has 0 heterocycles. The van der Waals surface area contributed by atoms with E-state index < -0.39 is 13.3 Å². The number of allylic oxidation sites excluding steroid dienone is 2. The predicted octanol–water partition coefficient (Wildman–Crippen LogP) is 3.19. The van der Waals surface area contributed by atoms with Gasteiger partial charge in [0.2, 0.25) is 0 Å². The molecule has 0 amide bonds. The van der Waals surface area contributed by atoms with Gasteiger partial charge in [0.25, 0.3) is 0 Å². The van der Waals surface area contributed by atoms with Crippen molar-refractivity contribution in [3.05, 3.63) is 12.2 Å². The second-order valence-electron chi connectivity index (χ2n) is 3.07. The molecule has 1 aliphatic rings. The fourth-order valence-electron chi connectivity index (χ4n) is 1.42. The van der Waals surface area contributed by atoms with Gasteiger partial charge in [-0.3, -0.25) is 0 Å². The fraction of sp³-hybridized carbons (Fsp3) is 0.714. The van der Waals surface area contributed by atoms with Crippen LogP contribution >= 0.6 is 0 Å². The minimum absolute atomic E-state index is 0.233. The van der Waals surface area contributed by atoms with Crippen molar-refractivity contribution in [2.24, 2.45) is 5.92 Å². The maximum atomic E-state index is 11.9. The molecule has 0 nitrogen and oxygen atoms in total. The predicted molar refractivity (Wildman–Crippen MR) is 40.4 cm³/mol. The molecule has 0 N–H and O–H groups in total. The van der Waals surface area contributed by atoms with E-state index >= 15 is 0 Å². The van der Waals surface area contributed by atoms with Crippen LogP contribution in [0.2, 0.25) is 6.32 Å². The molecule has 0 aliphatic heterocycles. The van der Waals surface area contributed by atoms with Crippen LogP contribution in [0.4, 0.5) is 12.9 Å². The number of hydrogen-bond donors (Lipinski definition) is 0. The van der Waals surface area contributed by atoms with Gasteiger partial charge in [-0.1, -0.05) is 18.5 Å². The Morgan fingerprint density at radius 2 is 2.09 bits per heavy atom. The molecule has 1 aliphatic carbocycles. The van der Waals surface area contributed by atoms with E-state index in [1.165, 1.54) is 0 Å². The van der Waals surface area contributed by atoms with E-state index in [0.29, 0.717) is 6.42 Å². The number of rotatable bonds is 2. The molecule has 1 rings (SSSR count). The zero-order chi connectivity index (χ0) is 8.32. The van der Waals surface area contributed by atoms with Gasteiger partial charge in [0.15, 0.2) is 0 Å². The summed E-state index contributed by atoms with van der Waals surface area (Å²) in [5.74, 6) is -0.233. The molecule has 0 radical (unpaired) electrons. The Labute approximate surface area is 64.5 Å². The molecule has 0 fully saturated rings. The van der Waals surface area contributed by atoms with E-state index in [-0.39, 0.29) is 5.92 Å². The summed E-state index contributed by atoms with van der Waals surface area (Å²) < 4.78 is 35.6. The van der Waals surface area contributed by atoms with Gasteiger partial charge in [-0.05, 0) is 25.2 Å². The highest BCUT2D eigenvalue weighted by Gasteiger charge is 2.26. The highest BCUT2D eigenvalue weighted by atomic mass is 19.4. The van der Waals surface area contributed by atoms with Crippen molar-refractivity contribution >= 4 is 6.98 Å². The quantitative estimate of drug-likeness (QED) is 0.433. The molecule has 64 valence electrons.